The van der Waals surface area contributed by atoms with Crippen LogP contribution in [0.3, 0.4) is 0 Å². The predicted molar refractivity (Wildman–Crippen MR) is 270 cm³/mol. The summed E-state index contributed by atoms with van der Waals surface area (Å²) in [7, 11) is 0. The summed E-state index contributed by atoms with van der Waals surface area (Å²) in [5, 5.41) is 0. The molecule has 0 saturated heterocycles. The van der Waals surface area contributed by atoms with E-state index in [0.29, 0.717) is 19.3 Å². The SMILES string of the molecule is CC/C=C\C/C=C\C/C=C\C/C=C\CCCCC(=O)O[C@@H](COC(=O)CCCCCC/C=C\C/C=C\C/C=C\CCCCC)COC(=O)CCCCCCC/C=C\CCCCCC. The van der Waals surface area contributed by atoms with Gasteiger partial charge in [0, 0.05) is 19.3 Å². The van der Waals surface area contributed by atoms with Gasteiger partial charge in [-0.15, -0.1) is 0 Å². The van der Waals surface area contributed by atoms with Gasteiger partial charge in [0.15, 0.2) is 6.10 Å². The highest BCUT2D eigenvalue weighted by Gasteiger charge is 2.19. The van der Waals surface area contributed by atoms with Crippen LogP contribution in [-0.4, -0.2) is 37.2 Å². The molecule has 0 fully saturated rings. The lowest BCUT2D eigenvalue weighted by atomic mass is 10.1. The van der Waals surface area contributed by atoms with Crippen LogP contribution in [-0.2, 0) is 28.6 Å². The number of hydrogen-bond acceptors (Lipinski definition) is 6. The van der Waals surface area contributed by atoms with Gasteiger partial charge in [-0.2, -0.15) is 0 Å². The van der Waals surface area contributed by atoms with Gasteiger partial charge < -0.3 is 14.2 Å². The van der Waals surface area contributed by atoms with E-state index in [9.17, 15) is 14.4 Å². The number of rotatable bonds is 45. The molecule has 0 radical (unpaired) electrons. The van der Waals surface area contributed by atoms with Crippen LogP contribution in [0.2, 0.25) is 0 Å². The Labute approximate surface area is 387 Å². The maximum Gasteiger partial charge on any atom is 0.306 e. The van der Waals surface area contributed by atoms with Crippen LogP contribution in [0, 0.1) is 0 Å². The molecule has 0 unspecified atom stereocenters. The Hall–Kier alpha value is -3.67. The molecule has 6 nitrogen and oxygen atoms in total. The maximum atomic E-state index is 12.8. The molecular formula is C57H94O6. The standard InChI is InChI=1S/C57H94O6/c1-4-7-10-13-16-19-22-25-27-28-30-32-35-38-41-44-47-50-56(59)62-53-54(52-61-55(58)49-46-43-40-37-34-31-24-21-18-15-12-9-6-3)63-57(60)51-48-45-42-39-36-33-29-26-23-20-17-14-11-8-5-2/h8,11,16-17,19-21,24-27,29-30,32,36,39,54H,4-7,9-10,12-15,18,22-23,28,31,33-35,37-38,40-53H2,1-3H3/b11-8-,19-16-,20-17-,24-21-,27-25-,29-26-,32-30-,39-36-/t54-/m1/s1. The van der Waals surface area contributed by atoms with E-state index in [0.717, 1.165) is 116 Å². The van der Waals surface area contributed by atoms with E-state index >= 15 is 0 Å². The summed E-state index contributed by atoms with van der Waals surface area (Å²) < 4.78 is 16.7. The lowest BCUT2D eigenvalue weighted by Gasteiger charge is -2.18. The Morgan fingerprint density at radius 1 is 0.333 bits per heavy atom. The van der Waals surface area contributed by atoms with Crippen molar-refractivity contribution < 1.29 is 28.6 Å². The third kappa shape index (κ3) is 49.2. The first-order chi connectivity index (χ1) is 31.0. The Bertz CT molecular complexity index is 1280. The second-order valence-electron chi connectivity index (χ2n) is 16.7. The summed E-state index contributed by atoms with van der Waals surface area (Å²) >= 11 is 0. The first-order valence-electron chi connectivity index (χ1n) is 25.7. The van der Waals surface area contributed by atoms with Gasteiger partial charge in [0.25, 0.3) is 0 Å². The van der Waals surface area contributed by atoms with Crippen LogP contribution in [0.25, 0.3) is 0 Å². The summed E-state index contributed by atoms with van der Waals surface area (Å²) in [4.78, 5) is 38.0. The van der Waals surface area contributed by atoms with Gasteiger partial charge in [0.2, 0.25) is 0 Å². The second-order valence-corrected chi connectivity index (χ2v) is 16.7. The topological polar surface area (TPSA) is 78.9 Å². The van der Waals surface area contributed by atoms with E-state index < -0.39 is 6.10 Å². The highest BCUT2D eigenvalue weighted by molar-refractivity contribution is 5.71. The normalized spacial score (nSPS) is 12.9. The van der Waals surface area contributed by atoms with Crippen LogP contribution in [0.1, 0.15) is 226 Å². The molecule has 0 bridgehead atoms. The van der Waals surface area contributed by atoms with Crippen molar-refractivity contribution in [2.45, 2.75) is 232 Å². The number of esters is 3. The van der Waals surface area contributed by atoms with Gasteiger partial charge in [-0.3, -0.25) is 14.4 Å². The quantitative estimate of drug-likeness (QED) is 0.0262. The molecule has 6 heteroatoms. The summed E-state index contributed by atoms with van der Waals surface area (Å²) in [6, 6.07) is 0. The van der Waals surface area contributed by atoms with Gasteiger partial charge >= 0.3 is 17.9 Å². The number of carbonyl (C=O) groups is 3. The molecule has 0 aromatic rings. The molecule has 0 amide bonds. The van der Waals surface area contributed by atoms with Crippen LogP contribution in [0.15, 0.2) is 97.2 Å². The fraction of sp³-hybridized carbons (Fsp3) is 0.667. The van der Waals surface area contributed by atoms with Crippen molar-refractivity contribution in [1.82, 2.24) is 0 Å². The minimum Gasteiger partial charge on any atom is -0.462 e. The molecule has 0 saturated carbocycles. The minimum absolute atomic E-state index is 0.107. The smallest absolute Gasteiger partial charge is 0.306 e. The van der Waals surface area contributed by atoms with Crippen molar-refractivity contribution in [2.24, 2.45) is 0 Å². The van der Waals surface area contributed by atoms with Crippen molar-refractivity contribution in [1.29, 1.82) is 0 Å². The summed E-state index contributed by atoms with van der Waals surface area (Å²) in [5.74, 6) is -0.984. The zero-order valence-electron chi connectivity index (χ0n) is 40.8. The van der Waals surface area contributed by atoms with Crippen LogP contribution >= 0.6 is 0 Å². The van der Waals surface area contributed by atoms with E-state index in [1.54, 1.807) is 0 Å². The second kappa shape index (κ2) is 51.0. The molecule has 0 aliphatic rings. The summed E-state index contributed by atoms with van der Waals surface area (Å²) in [5.41, 5.74) is 0. The molecule has 358 valence electrons. The number of allylic oxidation sites excluding steroid dienone is 16. The highest BCUT2D eigenvalue weighted by Crippen LogP contribution is 2.12. The summed E-state index contributed by atoms with van der Waals surface area (Å²) in [6.07, 6.45) is 66.7. The minimum atomic E-state index is -0.812. The van der Waals surface area contributed by atoms with Gasteiger partial charge in [-0.1, -0.05) is 182 Å². The molecule has 0 aliphatic heterocycles. The molecule has 1 atom stereocenters. The maximum absolute atomic E-state index is 12.8. The fourth-order valence-corrected chi connectivity index (χ4v) is 6.67. The van der Waals surface area contributed by atoms with E-state index in [1.165, 1.54) is 64.2 Å². The Balaban J connectivity index is 4.51. The lowest BCUT2D eigenvalue weighted by molar-refractivity contribution is -0.167. The van der Waals surface area contributed by atoms with E-state index in [1.807, 2.05) is 0 Å². The number of unbranched alkanes of at least 4 members (excludes halogenated alkanes) is 18. The van der Waals surface area contributed by atoms with Gasteiger partial charge in [0.1, 0.15) is 13.2 Å². The molecular weight excluding hydrogens is 781 g/mol. The molecule has 0 spiro atoms. The largest absolute Gasteiger partial charge is 0.462 e. The van der Waals surface area contributed by atoms with Gasteiger partial charge in [-0.25, -0.2) is 0 Å². The van der Waals surface area contributed by atoms with E-state index in [-0.39, 0.29) is 37.5 Å². The van der Waals surface area contributed by atoms with E-state index in [2.05, 4.69) is 118 Å². The van der Waals surface area contributed by atoms with Crippen LogP contribution < -0.4 is 0 Å². The zero-order valence-corrected chi connectivity index (χ0v) is 40.8. The summed E-state index contributed by atoms with van der Waals surface area (Å²) in [6.45, 7) is 6.41. The van der Waals surface area contributed by atoms with Crippen molar-refractivity contribution >= 4 is 17.9 Å². The first kappa shape index (κ1) is 59.3. The van der Waals surface area contributed by atoms with E-state index in [4.69, 9.17) is 14.2 Å². The van der Waals surface area contributed by atoms with Gasteiger partial charge in [0.05, 0.1) is 0 Å². The third-order valence-corrected chi connectivity index (χ3v) is 10.5. The number of ether oxygens (including phenoxy) is 3. The van der Waals surface area contributed by atoms with Crippen LogP contribution in [0.4, 0.5) is 0 Å². The molecule has 63 heavy (non-hydrogen) atoms. The molecule has 0 aromatic heterocycles. The third-order valence-electron chi connectivity index (χ3n) is 10.5. The van der Waals surface area contributed by atoms with Crippen LogP contribution in [0.5, 0.6) is 0 Å². The van der Waals surface area contributed by atoms with Gasteiger partial charge in [-0.05, 0) is 122 Å². The molecule has 0 heterocycles. The van der Waals surface area contributed by atoms with Crippen molar-refractivity contribution in [3.05, 3.63) is 97.2 Å². The van der Waals surface area contributed by atoms with Crippen molar-refractivity contribution in [2.75, 3.05) is 13.2 Å². The first-order valence-corrected chi connectivity index (χ1v) is 25.7. The van der Waals surface area contributed by atoms with Crippen molar-refractivity contribution in [3.63, 3.8) is 0 Å². The number of hydrogen-bond donors (Lipinski definition) is 0. The molecule has 0 N–H and O–H groups in total. The predicted octanol–water partition coefficient (Wildman–Crippen LogP) is 17.0. The highest BCUT2D eigenvalue weighted by atomic mass is 16.6. The molecule has 0 aliphatic carbocycles. The Kier molecular flexibility index (Phi) is 48.0. The average Bonchev–Trinajstić information content (AvgIpc) is 3.28. The monoisotopic (exact) mass is 875 g/mol. The van der Waals surface area contributed by atoms with Crippen molar-refractivity contribution in [3.8, 4) is 0 Å². The Morgan fingerprint density at radius 3 is 1.05 bits per heavy atom. The Morgan fingerprint density at radius 2 is 0.619 bits per heavy atom. The molecule has 0 aromatic carbocycles. The molecule has 0 rings (SSSR count). The zero-order chi connectivity index (χ0) is 45.8. The number of carbonyl (C=O) groups excluding carboxylic acids is 3. The average molecular weight is 875 g/mol. The fourth-order valence-electron chi connectivity index (χ4n) is 6.67. The lowest BCUT2D eigenvalue weighted by Crippen LogP contribution is -2.30.